The zero-order chi connectivity index (χ0) is 38.1. The predicted octanol–water partition coefficient (Wildman–Crippen LogP) is 11.2. The average molecular weight is 739 g/mol. The SMILES string of the molecule is Cc1ccccc1-c1cc2c3c(c1)N(c1ccc(C(C)(C)C)cc1-c1ccccc1)c1oc4ccccc4c1B3N1c3ccccc3[Si](C)(C)c3cccc-2c31. The fourth-order valence-corrected chi connectivity index (χ4v) is 12.9. The Morgan fingerprint density at radius 1 is 0.554 bits per heavy atom. The van der Waals surface area contributed by atoms with E-state index in [-0.39, 0.29) is 12.3 Å². The lowest BCUT2D eigenvalue weighted by atomic mass is 9.43. The molecule has 270 valence electrons. The third kappa shape index (κ3) is 4.58. The van der Waals surface area contributed by atoms with Gasteiger partial charge in [0.25, 0.3) is 0 Å². The molecule has 3 nitrogen and oxygen atoms in total. The Kier molecular flexibility index (Phi) is 6.98. The fraction of sp³-hybridized carbons (Fsp3) is 0.137. The van der Waals surface area contributed by atoms with E-state index in [1.807, 2.05) is 0 Å². The molecule has 0 N–H and O–H groups in total. The lowest BCUT2D eigenvalue weighted by Gasteiger charge is -2.50. The van der Waals surface area contributed by atoms with Crippen molar-refractivity contribution in [1.29, 1.82) is 0 Å². The molecule has 0 unspecified atom stereocenters. The Balaban J connectivity index is 1.32. The van der Waals surface area contributed by atoms with Crippen LogP contribution in [0, 0.1) is 6.92 Å². The third-order valence-electron chi connectivity index (χ3n) is 12.7. The highest BCUT2D eigenvalue weighted by molar-refractivity contribution is 7.05. The molecule has 0 saturated heterocycles. The van der Waals surface area contributed by atoms with E-state index in [0.29, 0.717) is 0 Å². The summed E-state index contributed by atoms with van der Waals surface area (Å²) < 4.78 is 7.23. The average Bonchev–Trinajstić information content (AvgIpc) is 3.59. The maximum absolute atomic E-state index is 7.23. The topological polar surface area (TPSA) is 19.6 Å². The molecule has 4 heterocycles. The van der Waals surface area contributed by atoms with Crippen LogP contribution in [-0.4, -0.2) is 14.9 Å². The van der Waals surface area contributed by atoms with E-state index in [4.69, 9.17) is 4.42 Å². The van der Waals surface area contributed by atoms with Crippen LogP contribution in [-0.2, 0) is 5.41 Å². The molecule has 8 aromatic rings. The minimum atomic E-state index is -2.07. The summed E-state index contributed by atoms with van der Waals surface area (Å²) in [6.45, 7) is 14.1. The lowest BCUT2D eigenvalue weighted by molar-refractivity contribution is 0.590. The number of nitrogens with zero attached hydrogens (tertiary/aromatic N) is 2. The zero-order valence-corrected chi connectivity index (χ0v) is 33.8. The Bertz CT molecular complexity index is 2920. The van der Waals surface area contributed by atoms with Crippen molar-refractivity contribution in [1.82, 2.24) is 0 Å². The van der Waals surface area contributed by atoms with Gasteiger partial charge in [-0.3, -0.25) is 4.90 Å². The van der Waals surface area contributed by atoms with E-state index in [2.05, 4.69) is 202 Å². The molecule has 7 aromatic carbocycles. The van der Waals surface area contributed by atoms with Gasteiger partial charge in [-0.2, -0.15) is 0 Å². The molecular formula is C51H43BN2OSi. The second-order valence-corrected chi connectivity index (χ2v) is 21.7. The van der Waals surface area contributed by atoms with Crippen molar-refractivity contribution in [3.63, 3.8) is 0 Å². The van der Waals surface area contributed by atoms with Crippen LogP contribution in [0.3, 0.4) is 0 Å². The van der Waals surface area contributed by atoms with E-state index in [9.17, 15) is 0 Å². The summed E-state index contributed by atoms with van der Waals surface area (Å²) >= 11 is 0. The molecule has 5 heteroatoms. The van der Waals surface area contributed by atoms with Crippen LogP contribution in [0.4, 0.5) is 28.6 Å². The van der Waals surface area contributed by atoms with Crippen molar-refractivity contribution in [2.75, 3.05) is 9.71 Å². The number of fused-ring (bicyclic) bond motifs is 8. The van der Waals surface area contributed by atoms with E-state index < -0.39 is 8.07 Å². The second kappa shape index (κ2) is 11.7. The summed E-state index contributed by atoms with van der Waals surface area (Å²) in [6.07, 6.45) is 0. The predicted molar refractivity (Wildman–Crippen MR) is 241 cm³/mol. The first-order valence-corrected chi connectivity index (χ1v) is 22.9. The Hall–Kier alpha value is -6.04. The van der Waals surface area contributed by atoms with Crippen LogP contribution in [0.25, 0.3) is 44.3 Å². The van der Waals surface area contributed by atoms with Gasteiger partial charge in [0.15, 0.2) is 0 Å². The number of aryl methyl sites for hydroxylation is 1. The van der Waals surface area contributed by atoms with Gasteiger partial charge >= 0.3 is 6.85 Å². The largest absolute Gasteiger partial charge is 0.440 e. The minimum absolute atomic E-state index is 0.0242. The molecule has 0 atom stereocenters. The van der Waals surface area contributed by atoms with Gasteiger partial charge in [0.2, 0.25) is 5.88 Å². The first-order chi connectivity index (χ1) is 27.1. The molecule has 0 fully saturated rings. The van der Waals surface area contributed by atoms with Crippen molar-refractivity contribution in [2.45, 2.75) is 46.2 Å². The summed E-state index contributed by atoms with van der Waals surface area (Å²) in [5.74, 6) is 0.887. The van der Waals surface area contributed by atoms with Gasteiger partial charge in [0, 0.05) is 39.0 Å². The van der Waals surface area contributed by atoms with E-state index >= 15 is 0 Å². The van der Waals surface area contributed by atoms with Crippen molar-refractivity contribution < 1.29 is 4.42 Å². The standard InChI is InChI=1S/C51H43BN2OSi/c1-32-17-10-11-20-36(32)34-29-40-37-22-16-26-46-49(37)54(42-23-13-15-25-45(42)56(46,5)6)52-47(40)43(30-34)53(50-48(52)38-21-12-14-24-44(38)55-50)41-28-27-35(51(2,3)4)31-39(41)33-18-8-7-9-19-33/h7-31H,1-6H3. The van der Waals surface area contributed by atoms with Crippen molar-refractivity contribution in [3.05, 3.63) is 163 Å². The Morgan fingerprint density at radius 3 is 2.09 bits per heavy atom. The zero-order valence-electron chi connectivity index (χ0n) is 32.8. The van der Waals surface area contributed by atoms with Gasteiger partial charge < -0.3 is 9.23 Å². The minimum Gasteiger partial charge on any atom is -0.440 e. The number of para-hydroxylation sites is 3. The number of benzene rings is 7. The summed E-state index contributed by atoms with van der Waals surface area (Å²) in [6, 6.07) is 56.7. The Morgan fingerprint density at radius 2 is 1.27 bits per heavy atom. The smallest absolute Gasteiger partial charge is 0.337 e. The molecule has 0 radical (unpaired) electrons. The molecule has 3 aliphatic heterocycles. The molecule has 11 rings (SSSR count). The third-order valence-corrected chi connectivity index (χ3v) is 16.3. The molecule has 0 aliphatic carbocycles. The summed E-state index contributed by atoms with van der Waals surface area (Å²) in [5.41, 5.74) is 18.4. The molecule has 3 aliphatic rings. The maximum Gasteiger partial charge on any atom is 0.337 e. The van der Waals surface area contributed by atoms with Crippen LogP contribution in [0.5, 0.6) is 0 Å². The highest BCUT2D eigenvalue weighted by atomic mass is 28.3. The molecule has 0 amide bonds. The maximum atomic E-state index is 7.23. The number of furan rings is 1. The summed E-state index contributed by atoms with van der Waals surface area (Å²) in [7, 11) is -2.07. The monoisotopic (exact) mass is 738 g/mol. The number of rotatable bonds is 3. The van der Waals surface area contributed by atoms with Gasteiger partial charge in [-0.05, 0) is 98.0 Å². The van der Waals surface area contributed by atoms with Crippen molar-refractivity contribution >= 4 is 75.8 Å². The summed E-state index contributed by atoms with van der Waals surface area (Å²) in [5, 5.41) is 4.13. The summed E-state index contributed by atoms with van der Waals surface area (Å²) in [4.78, 5) is 5.15. The normalized spacial score (nSPS) is 14.6. The molecule has 0 bridgehead atoms. The molecule has 0 saturated carbocycles. The van der Waals surface area contributed by atoms with Crippen LogP contribution in [0.1, 0.15) is 31.9 Å². The van der Waals surface area contributed by atoms with Crippen molar-refractivity contribution in [2.24, 2.45) is 0 Å². The molecule has 56 heavy (non-hydrogen) atoms. The van der Waals surface area contributed by atoms with E-state index in [1.165, 1.54) is 77.2 Å². The van der Waals surface area contributed by atoms with Gasteiger partial charge in [-0.25, -0.2) is 0 Å². The molecular weight excluding hydrogens is 695 g/mol. The number of anilines is 5. The lowest BCUT2D eigenvalue weighted by Crippen LogP contribution is -2.68. The number of hydrogen-bond acceptors (Lipinski definition) is 3. The van der Waals surface area contributed by atoms with E-state index in [0.717, 1.165) is 28.2 Å². The second-order valence-electron chi connectivity index (χ2n) is 17.4. The van der Waals surface area contributed by atoms with Gasteiger partial charge in [-0.1, -0.05) is 149 Å². The van der Waals surface area contributed by atoms with Crippen LogP contribution in [0.15, 0.2) is 156 Å². The fourth-order valence-electron chi connectivity index (χ4n) is 9.94. The first-order valence-electron chi connectivity index (χ1n) is 19.9. The molecule has 0 spiro atoms. The number of hydrogen-bond donors (Lipinski definition) is 0. The van der Waals surface area contributed by atoms with Gasteiger partial charge in [0.05, 0.1) is 5.69 Å². The Labute approximate surface area is 331 Å². The quantitative estimate of drug-likeness (QED) is 0.168. The first kappa shape index (κ1) is 33.3. The van der Waals surface area contributed by atoms with E-state index in [1.54, 1.807) is 0 Å². The van der Waals surface area contributed by atoms with Crippen LogP contribution < -0.4 is 31.0 Å². The van der Waals surface area contributed by atoms with Gasteiger partial charge in [-0.15, -0.1) is 0 Å². The molecule has 1 aromatic heterocycles. The van der Waals surface area contributed by atoms with Gasteiger partial charge in [0.1, 0.15) is 13.7 Å². The van der Waals surface area contributed by atoms with Crippen LogP contribution >= 0.6 is 0 Å². The van der Waals surface area contributed by atoms with Crippen LogP contribution in [0.2, 0.25) is 13.1 Å². The van der Waals surface area contributed by atoms with Crippen molar-refractivity contribution in [3.8, 4) is 33.4 Å². The highest BCUT2D eigenvalue weighted by Crippen LogP contribution is 2.52. The highest BCUT2D eigenvalue weighted by Gasteiger charge is 2.52.